The molecule has 0 radical (unpaired) electrons. The minimum absolute atomic E-state index is 0.163. The van der Waals surface area contributed by atoms with E-state index in [9.17, 15) is 4.79 Å². The van der Waals surface area contributed by atoms with Gasteiger partial charge in [-0.05, 0) is 18.4 Å². The summed E-state index contributed by atoms with van der Waals surface area (Å²) in [5.41, 5.74) is 0. The molecule has 0 saturated carbocycles. The SMILES string of the molecule is CSc1nnc(SCC(=O)N2CCN(c3ccccn3)CC2)s1. The zero-order chi connectivity index (χ0) is 16.1. The van der Waals surface area contributed by atoms with Crippen molar-refractivity contribution in [2.45, 2.75) is 8.68 Å². The Labute approximate surface area is 147 Å². The Morgan fingerprint density at radius 2 is 2.00 bits per heavy atom. The van der Waals surface area contributed by atoms with Crippen LogP contribution in [0.5, 0.6) is 0 Å². The number of carbonyl (C=O) groups is 1. The molecule has 0 aromatic carbocycles. The number of piperazine rings is 1. The van der Waals surface area contributed by atoms with E-state index in [1.54, 1.807) is 18.0 Å². The van der Waals surface area contributed by atoms with Crippen molar-refractivity contribution in [2.75, 3.05) is 43.1 Å². The summed E-state index contributed by atoms with van der Waals surface area (Å²) in [4.78, 5) is 20.8. The third kappa shape index (κ3) is 4.36. The van der Waals surface area contributed by atoms with E-state index < -0.39 is 0 Å². The first-order chi connectivity index (χ1) is 11.3. The molecule has 1 fully saturated rings. The molecule has 9 heteroatoms. The Hall–Kier alpha value is -1.32. The number of thioether (sulfide) groups is 2. The molecule has 0 spiro atoms. The van der Waals surface area contributed by atoms with Crippen molar-refractivity contribution in [1.29, 1.82) is 0 Å². The molecular formula is C14H17N5OS3. The highest BCUT2D eigenvalue weighted by atomic mass is 32.2. The molecule has 3 rings (SSSR count). The number of pyridine rings is 1. The minimum Gasteiger partial charge on any atom is -0.353 e. The Morgan fingerprint density at radius 3 is 2.65 bits per heavy atom. The van der Waals surface area contributed by atoms with Crippen LogP contribution in [0.3, 0.4) is 0 Å². The summed E-state index contributed by atoms with van der Waals surface area (Å²) in [5.74, 6) is 1.57. The van der Waals surface area contributed by atoms with E-state index in [4.69, 9.17) is 0 Å². The molecule has 1 saturated heterocycles. The van der Waals surface area contributed by atoms with Crippen LogP contribution < -0.4 is 4.90 Å². The number of rotatable bonds is 5. The molecule has 0 N–H and O–H groups in total. The molecule has 1 aliphatic heterocycles. The van der Waals surface area contributed by atoms with Gasteiger partial charge in [0.25, 0.3) is 0 Å². The summed E-state index contributed by atoms with van der Waals surface area (Å²) in [6.07, 6.45) is 3.77. The predicted molar refractivity (Wildman–Crippen MR) is 95.4 cm³/mol. The highest BCUT2D eigenvalue weighted by molar-refractivity contribution is 8.03. The van der Waals surface area contributed by atoms with Gasteiger partial charge in [-0.15, -0.1) is 10.2 Å². The zero-order valence-electron chi connectivity index (χ0n) is 12.7. The molecule has 6 nitrogen and oxygen atoms in total. The zero-order valence-corrected chi connectivity index (χ0v) is 15.2. The first-order valence-electron chi connectivity index (χ1n) is 7.20. The number of amides is 1. The van der Waals surface area contributed by atoms with E-state index >= 15 is 0 Å². The second-order valence-electron chi connectivity index (χ2n) is 4.88. The summed E-state index contributed by atoms with van der Waals surface area (Å²) in [5, 5.41) is 8.12. The average molecular weight is 368 g/mol. The molecule has 0 bridgehead atoms. The van der Waals surface area contributed by atoms with Gasteiger partial charge in [-0.1, -0.05) is 40.9 Å². The standard InChI is InChI=1S/C14H17N5OS3/c1-21-13-16-17-14(23-13)22-10-12(20)19-8-6-18(7-9-19)11-4-2-3-5-15-11/h2-5H,6-10H2,1H3. The monoisotopic (exact) mass is 367 g/mol. The van der Waals surface area contributed by atoms with Crippen molar-refractivity contribution < 1.29 is 4.79 Å². The quantitative estimate of drug-likeness (QED) is 0.750. The molecule has 1 aliphatic rings. The van der Waals surface area contributed by atoms with Gasteiger partial charge < -0.3 is 9.80 Å². The van der Waals surface area contributed by atoms with Crippen LogP contribution >= 0.6 is 34.9 Å². The van der Waals surface area contributed by atoms with Crippen LogP contribution in [0.2, 0.25) is 0 Å². The fourth-order valence-corrected chi connectivity index (χ4v) is 4.62. The summed E-state index contributed by atoms with van der Waals surface area (Å²) in [6.45, 7) is 3.12. The first-order valence-corrected chi connectivity index (χ1v) is 10.2. The lowest BCUT2D eigenvalue weighted by Crippen LogP contribution is -2.49. The predicted octanol–water partition coefficient (Wildman–Crippen LogP) is 2.10. The lowest BCUT2D eigenvalue weighted by atomic mass is 10.3. The smallest absolute Gasteiger partial charge is 0.233 e. The van der Waals surface area contributed by atoms with Crippen LogP contribution in [-0.2, 0) is 4.79 Å². The highest BCUT2D eigenvalue weighted by Gasteiger charge is 2.22. The van der Waals surface area contributed by atoms with Crippen molar-refractivity contribution in [1.82, 2.24) is 20.1 Å². The average Bonchev–Trinajstić information content (AvgIpc) is 3.09. The van der Waals surface area contributed by atoms with E-state index in [0.29, 0.717) is 5.75 Å². The first kappa shape index (κ1) is 16.5. The maximum absolute atomic E-state index is 12.3. The van der Waals surface area contributed by atoms with Gasteiger partial charge in [0, 0.05) is 32.4 Å². The van der Waals surface area contributed by atoms with Crippen LogP contribution in [0.15, 0.2) is 33.1 Å². The van der Waals surface area contributed by atoms with E-state index in [0.717, 1.165) is 40.7 Å². The number of aromatic nitrogens is 3. The van der Waals surface area contributed by atoms with Gasteiger partial charge in [-0.25, -0.2) is 4.98 Å². The number of anilines is 1. The Balaban J connectivity index is 1.46. The van der Waals surface area contributed by atoms with E-state index in [-0.39, 0.29) is 5.91 Å². The number of nitrogens with zero attached hydrogens (tertiary/aromatic N) is 5. The molecule has 2 aromatic heterocycles. The fourth-order valence-electron chi connectivity index (χ4n) is 2.28. The van der Waals surface area contributed by atoms with E-state index in [1.807, 2.05) is 29.4 Å². The third-order valence-corrected chi connectivity index (χ3v) is 6.50. The highest BCUT2D eigenvalue weighted by Crippen LogP contribution is 2.27. The Bertz CT molecular complexity index is 643. The lowest BCUT2D eigenvalue weighted by Gasteiger charge is -2.35. The van der Waals surface area contributed by atoms with Crippen LogP contribution in [0.4, 0.5) is 5.82 Å². The Morgan fingerprint density at radius 1 is 1.22 bits per heavy atom. The second kappa shape index (κ2) is 7.98. The van der Waals surface area contributed by atoms with E-state index in [1.165, 1.54) is 23.1 Å². The minimum atomic E-state index is 0.163. The molecule has 0 aliphatic carbocycles. The molecule has 3 heterocycles. The molecule has 2 aromatic rings. The molecule has 1 amide bonds. The van der Waals surface area contributed by atoms with Crippen molar-refractivity contribution >= 4 is 46.6 Å². The van der Waals surface area contributed by atoms with Gasteiger partial charge in [0.15, 0.2) is 8.68 Å². The number of hydrogen-bond donors (Lipinski definition) is 0. The molecular weight excluding hydrogens is 350 g/mol. The van der Waals surface area contributed by atoms with Crippen LogP contribution in [0.25, 0.3) is 0 Å². The lowest BCUT2D eigenvalue weighted by molar-refractivity contribution is -0.128. The van der Waals surface area contributed by atoms with Gasteiger partial charge in [0.2, 0.25) is 5.91 Å². The molecule has 0 atom stereocenters. The van der Waals surface area contributed by atoms with Crippen LogP contribution in [0, 0.1) is 0 Å². The summed E-state index contributed by atoms with van der Waals surface area (Å²) < 4.78 is 1.79. The topological polar surface area (TPSA) is 62.2 Å². The number of hydrogen-bond acceptors (Lipinski definition) is 8. The van der Waals surface area contributed by atoms with Crippen LogP contribution in [0.1, 0.15) is 0 Å². The normalized spacial score (nSPS) is 15.0. The largest absolute Gasteiger partial charge is 0.353 e. The van der Waals surface area contributed by atoms with Gasteiger partial charge in [0.1, 0.15) is 5.82 Å². The van der Waals surface area contributed by atoms with Crippen LogP contribution in [-0.4, -0.2) is 64.2 Å². The van der Waals surface area contributed by atoms with E-state index in [2.05, 4.69) is 20.1 Å². The van der Waals surface area contributed by atoms with Gasteiger partial charge in [0.05, 0.1) is 5.75 Å². The van der Waals surface area contributed by atoms with Gasteiger partial charge >= 0.3 is 0 Å². The maximum atomic E-state index is 12.3. The number of carbonyl (C=O) groups excluding carboxylic acids is 1. The summed E-state index contributed by atoms with van der Waals surface area (Å²) in [6, 6.07) is 5.91. The van der Waals surface area contributed by atoms with Crippen molar-refractivity contribution in [3.05, 3.63) is 24.4 Å². The summed E-state index contributed by atoms with van der Waals surface area (Å²) in [7, 11) is 0. The van der Waals surface area contributed by atoms with Gasteiger partial charge in [-0.3, -0.25) is 4.79 Å². The van der Waals surface area contributed by atoms with Gasteiger partial charge in [-0.2, -0.15) is 0 Å². The summed E-state index contributed by atoms with van der Waals surface area (Å²) >= 11 is 4.58. The molecule has 0 unspecified atom stereocenters. The van der Waals surface area contributed by atoms with Crippen molar-refractivity contribution in [3.8, 4) is 0 Å². The maximum Gasteiger partial charge on any atom is 0.233 e. The third-order valence-electron chi connectivity index (χ3n) is 3.49. The molecule has 23 heavy (non-hydrogen) atoms. The van der Waals surface area contributed by atoms with Crippen molar-refractivity contribution in [2.24, 2.45) is 0 Å². The fraction of sp³-hybridized carbons (Fsp3) is 0.429. The molecule has 122 valence electrons. The van der Waals surface area contributed by atoms with Crippen molar-refractivity contribution in [3.63, 3.8) is 0 Å². The Kier molecular flexibility index (Phi) is 5.74. The second-order valence-corrected chi connectivity index (χ2v) is 8.14.